The van der Waals surface area contributed by atoms with Gasteiger partial charge in [-0.3, -0.25) is 4.79 Å². The summed E-state index contributed by atoms with van der Waals surface area (Å²) in [4.78, 5) is 25.2. The maximum absolute atomic E-state index is 11.8. The van der Waals surface area contributed by atoms with E-state index in [0.717, 1.165) is 28.8 Å². The van der Waals surface area contributed by atoms with Gasteiger partial charge in [-0.25, -0.2) is 4.79 Å². The molecule has 1 aliphatic rings. The summed E-state index contributed by atoms with van der Waals surface area (Å²) in [6, 6.07) is 6.04. The van der Waals surface area contributed by atoms with E-state index in [4.69, 9.17) is 4.74 Å². The van der Waals surface area contributed by atoms with E-state index in [1.54, 1.807) is 6.08 Å². The molecule has 0 N–H and O–H groups in total. The van der Waals surface area contributed by atoms with Crippen LogP contribution in [0.15, 0.2) is 17.7 Å². The number of hydrogen-bond donors (Lipinski definition) is 0. The molecule has 6 nitrogen and oxygen atoms in total. The van der Waals surface area contributed by atoms with Crippen LogP contribution in [0.2, 0.25) is 0 Å². The number of ether oxygens (including phenoxy) is 2. The maximum Gasteiger partial charge on any atom is 0.348 e. The topological polar surface area (TPSA) is 79.6 Å². The molecule has 0 amide bonds. The molecule has 0 fully saturated rings. The summed E-state index contributed by atoms with van der Waals surface area (Å²) < 4.78 is 9.84. The summed E-state index contributed by atoms with van der Waals surface area (Å²) in [5, 5.41) is 9.25. The number of carbonyl (C=O) groups is 2. The van der Waals surface area contributed by atoms with Gasteiger partial charge in [0.15, 0.2) is 0 Å². The number of benzene rings is 1. The summed E-state index contributed by atoms with van der Waals surface area (Å²) in [5.41, 5.74) is 3.93. The van der Waals surface area contributed by atoms with Gasteiger partial charge in [0.2, 0.25) is 0 Å². The molecule has 2 rings (SSSR count). The average Bonchev–Trinajstić information content (AvgIpc) is 2.61. The van der Waals surface area contributed by atoms with Crippen LogP contribution in [0.4, 0.5) is 5.69 Å². The maximum atomic E-state index is 11.8. The van der Waals surface area contributed by atoms with Crippen molar-refractivity contribution in [1.29, 1.82) is 5.26 Å². The first-order valence-corrected chi connectivity index (χ1v) is 9.36. The van der Waals surface area contributed by atoms with E-state index in [9.17, 15) is 14.9 Å². The molecule has 0 spiro atoms. The van der Waals surface area contributed by atoms with Crippen molar-refractivity contribution in [2.45, 2.75) is 52.5 Å². The smallest absolute Gasteiger partial charge is 0.348 e. The third-order valence-corrected chi connectivity index (χ3v) is 5.22. The minimum Gasteiger partial charge on any atom is -0.465 e. The molecule has 1 aromatic carbocycles. The monoisotopic (exact) mass is 384 g/mol. The number of anilines is 1. The number of nitriles is 1. The van der Waals surface area contributed by atoms with E-state index >= 15 is 0 Å². The lowest BCUT2D eigenvalue weighted by molar-refractivity contribution is -0.140. The van der Waals surface area contributed by atoms with E-state index < -0.39 is 5.97 Å². The Hall–Kier alpha value is -2.81. The van der Waals surface area contributed by atoms with Gasteiger partial charge in [0, 0.05) is 18.2 Å². The van der Waals surface area contributed by atoms with Crippen LogP contribution in [-0.4, -0.2) is 37.7 Å². The molecular formula is C22H28N2O4. The van der Waals surface area contributed by atoms with Crippen molar-refractivity contribution in [3.05, 3.63) is 34.4 Å². The Labute approximate surface area is 166 Å². The van der Waals surface area contributed by atoms with Crippen LogP contribution >= 0.6 is 0 Å². The first-order valence-electron chi connectivity index (χ1n) is 9.36. The number of aryl methyl sites for hydroxylation is 1. The van der Waals surface area contributed by atoms with Crippen molar-refractivity contribution in [1.82, 2.24) is 0 Å². The minimum absolute atomic E-state index is 0.0268. The zero-order valence-corrected chi connectivity index (χ0v) is 17.5. The van der Waals surface area contributed by atoms with Crippen LogP contribution in [0.25, 0.3) is 6.08 Å². The highest BCUT2D eigenvalue weighted by molar-refractivity contribution is 5.98. The Kier molecular flexibility index (Phi) is 6.50. The Balaban J connectivity index is 2.49. The standard InChI is InChI=1S/C22H28N2O4/c1-14-9-20-19(11-17(14)10-18(13-23)21(26)27-6)15(2)12-22(4,5)24(20)7-8-28-16(3)25/h9-11,15H,7-8,12H2,1-6H3/b18-10+. The second kappa shape index (κ2) is 8.47. The number of nitrogens with zero attached hydrogens (tertiary/aromatic N) is 2. The molecule has 1 aromatic rings. The van der Waals surface area contributed by atoms with Crippen LogP contribution in [0.1, 0.15) is 56.7 Å². The fraction of sp³-hybridized carbons (Fsp3) is 0.500. The fourth-order valence-corrected chi connectivity index (χ4v) is 3.91. The molecule has 0 aromatic heterocycles. The van der Waals surface area contributed by atoms with Crippen LogP contribution in [0.5, 0.6) is 0 Å². The quantitative estimate of drug-likeness (QED) is 0.437. The van der Waals surface area contributed by atoms with Gasteiger partial charge in [0.1, 0.15) is 18.2 Å². The summed E-state index contributed by atoms with van der Waals surface area (Å²) in [6.45, 7) is 10.9. The lowest BCUT2D eigenvalue weighted by Gasteiger charge is -2.47. The molecule has 0 saturated carbocycles. The summed E-state index contributed by atoms with van der Waals surface area (Å²) in [7, 11) is 1.26. The third kappa shape index (κ3) is 4.53. The second-order valence-electron chi connectivity index (χ2n) is 7.84. The molecule has 150 valence electrons. The molecular weight excluding hydrogens is 356 g/mol. The summed E-state index contributed by atoms with van der Waals surface area (Å²) in [5.74, 6) is -0.616. The largest absolute Gasteiger partial charge is 0.465 e. The zero-order chi connectivity index (χ0) is 21.1. The average molecular weight is 384 g/mol. The van der Waals surface area contributed by atoms with Crippen molar-refractivity contribution in [2.24, 2.45) is 0 Å². The van der Waals surface area contributed by atoms with Gasteiger partial charge < -0.3 is 14.4 Å². The molecule has 1 unspecified atom stereocenters. The fourth-order valence-electron chi connectivity index (χ4n) is 3.91. The zero-order valence-electron chi connectivity index (χ0n) is 17.5. The van der Waals surface area contributed by atoms with Gasteiger partial charge in [-0.2, -0.15) is 5.26 Å². The number of esters is 2. The highest BCUT2D eigenvalue weighted by Gasteiger charge is 2.36. The Morgan fingerprint density at radius 2 is 2.07 bits per heavy atom. The second-order valence-corrected chi connectivity index (χ2v) is 7.84. The molecule has 1 aliphatic heterocycles. The van der Waals surface area contributed by atoms with Gasteiger partial charge >= 0.3 is 11.9 Å². The Morgan fingerprint density at radius 3 is 2.64 bits per heavy atom. The molecule has 0 radical (unpaired) electrons. The van der Waals surface area contributed by atoms with Crippen molar-refractivity contribution in [3.8, 4) is 6.07 Å². The highest BCUT2D eigenvalue weighted by atomic mass is 16.5. The highest BCUT2D eigenvalue weighted by Crippen LogP contribution is 2.44. The van der Waals surface area contributed by atoms with Gasteiger partial charge in [-0.05, 0) is 68.0 Å². The third-order valence-electron chi connectivity index (χ3n) is 5.22. The molecule has 0 saturated heterocycles. The lowest BCUT2D eigenvalue weighted by atomic mass is 9.79. The van der Waals surface area contributed by atoms with Crippen LogP contribution in [0.3, 0.4) is 0 Å². The first kappa shape index (κ1) is 21.5. The van der Waals surface area contributed by atoms with Crippen LogP contribution < -0.4 is 4.90 Å². The van der Waals surface area contributed by atoms with Crippen LogP contribution in [-0.2, 0) is 19.1 Å². The summed E-state index contributed by atoms with van der Waals surface area (Å²) >= 11 is 0. The van der Waals surface area contributed by atoms with E-state index in [1.807, 2.05) is 19.1 Å². The van der Waals surface area contributed by atoms with Gasteiger partial charge in [-0.1, -0.05) is 6.92 Å². The van der Waals surface area contributed by atoms with Crippen LogP contribution in [0, 0.1) is 18.3 Å². The van der Waals surface area contributed by atoms with Crippen molar-refractivity contribution < 1.29 is 19.1 Å². The summed E-state index contributed by atoms with van der Waals surface area (Å²) in [6.07, 6.45) is 2.52. The molecule has 0 aliphatic carbocycles. The number of methoxy groups -OCH3 is 1. The van der Waals surface area contributed by atoms with Crippen molar-refractivity contribution in [2.75, 3.05) is 25.2 Å². The normalized spacial score (nSPS) is 18.1. The number of carbonyl (C=O) groups excluding carboxylic acids is 2. The lowest BCUT2D eigenvalue weighted by Crippen LogP contribution is -2.49. The molecule has 1 heterocycles. The molecule has 0 bridgehead atoms. The van der Waals surface area contributed by atoms with E-state index in [1.165, 1.54) is 14.0 Å². The molecule has 28 heavy (non-hydrogen) atoms. The van der Waals surface area contributed by atoms with Gasteiger partial charge in [0.05, 0.1) is 13.7 Å². The Bertz CT molecular complexity index is 849. The predicted octanol–water partition coefficient (Wildman–Crippen LogP) is 3.73. The van der Waals surface area contributed by atoms with E-state index in [2.05, 4.69) is 36.5 Å². The molecule has 1 atom stereocenters. The van der Waals surface area contributed by atoms with Gasteiger partial charge in [-0.15, -0.1) is 0 Å². The minimum atomic E-state index is -0.642. The van der Waals surface area contributed by atoms with E-state index in [0.29, 0.717) is 19.1 Å². The SMILES string of the molecule is COC(=O)/C(C#N)=C/c1cc2c(cc1C)N(CCOC(C)=O)C(C)(C)CC2C. The van der Waals surface area contributed by atoms with Crippen molar-refractivity contribution in [3.63, 3.8) is 0 Å². The predicted molar refractivity (Wildman–Crippen MR) is 108 cm³/mol. The number of rotatable bonds is 5. The van der Waals surface area contributed by atoms with Crippen molar-refractivity contribution >= 4 is 23.7 Å². The number of fused-ring (bicyclic) bond motifs is 1. The molecule has 6 heteroatoms. The van der Waals surface area contributed by atoms with E-state index in [-0.39, 0.29) is 17.1 Å². The first-order chi connectivity index (χ1) is 13.1. The van der Waals surface area contributed by atoms with Gasteiger partial charge in [0.25, 0.3) is 0 Å². The Morgan fingerprint density at radius 1 is 1.39 bits per heavy atom. The number of hydrogen-bond acceptors (Lipinski definition) is 6.